The molecule has 1 spiro atoms. The number of carbonyl (C=O) groups excluding carboxylic acids is 1. The van der Waals surface area contributed by atoms with Crippen molar-refractivity contribution in [1.82, 2.24) is 4.90 Å². The number of unbranched alkanes of at least 4 members (excludes halogenated alkanes) is 1. The molecule has 3 fully saturated rings. The van der Waals surface area contributed by atoms with Crippen LogP contribution in [-0.4, -0.2) is 53.9 Å². The molecule has 3 aliphatic rings. The van der Waals surface area contributed by atoms with E-state index in [0.717, 1.165) is 37.6 Å². The molecule has 1 amide bonds. The van der Waals surface area contributed by atoms with Gasteiger partial charge in [-0.3, -0.25) is 4.79 Å². The van der Waals surface area contributed by atoms with Crippen LogP contribution in [0.2, 0.25) is 0 Å². The second-order valence-electron chi connectivity index (χ2n) is 6.06. The van der Waals surface area contributed by atoms with Gasteiger partial charge in [0.05, 0.1) is 13.2 Å². The maximum Gasteiger partial charge on any atom is 0.222 e. The molecular formula is C15H25NO3S2. The smallest absolute Gasteiger partial charge is 0.222 e. The molecule has 6 heteroatoms. The topological polar surface area (TPSA) is 38.8 Å². The SMILES string of the molecule is O=C(CCCCC1CCSS1)N1CCC2(CC1)OCCO2. The highest BCUT2D eigenvalue weighted by Gasteiger charge is 2.40. The fourth-order valence-electron chi connectivity index (χ4n) is 3.25. The lowest BCUT2D eigenvalue weighted by atomic mass is 10.0. The minimum absolute atomic E-state index is 0.316. The van der Waals surface area contributed by atoms with Gasteiger partial charge in [-0.2, -0.15) is 0 Å². The third-order valence-electron chi connectivity index (χ3n) is 4.59. The summed E-state index contributed by atoms with van der Waals surface area (Å²) >= 11 is 0. The molecule has 3 heterocycles. The van der Waals surface area contributed by atoms with E-state index in [9.17, 15) is 4.79 Å². The molecule has 21 heavy (non-hydrogen) atoms. The Morgan fingerprint density at radius 1 is 1.19 bits per heavy atom. The Hall–Kier alpha value is 0.0900. The number of amides is 1. The van der Waals surface area contributed by atoms with Gasteiger partial charge in [0, 0.05) is 43.4 Å². The minimum Gasteiger partial charge on any atom is -0.347 e. The molecule has 1 unspecified atom stereocenters. The van der Waals surface area contributed by atoms with Crippen molar-refractivity contribution in [2.24, 2.45) is 0 Å². The molecule has 3 aliphatic heterocycles. The van der Waals surface area contributed by atoms with Crippen molar-refractivity contribution in [3.05, 3.63) is 0 Å². The van der Waals surface area contributed by atoms with Crippen LogP contribution < -0.4 is 0 Å². The van der Waals surface area contributed by atoms with Crippen molar-refractivity contribution >= 4 is 27.5 Å². The first kappa shape index (κ1) is 16.0. The van der Waals surface area contributed by atoms with Crippen LogP contribution in [0.5, 0.6) is 0 Å². The van der Waals surface area contributed by atoms with Crippen molar-refractivity contribution in [3.8, 4) is 0 Å². The third-order valence-corrected chi connectivity index (χ3v) is 7.59. The largest absolute Gasteiger partial charge is 0.347 e. The Kier molecular flexibility index (Phi) is 5.76. The number of hydrogen-bond acceptors (Lipinski definition) is 5. The average molecular weight is 332 g/mol. The van der Waals surface area contributed by atoms with E-state index >= 15 is 0 Å². The van der Waals surface area contributed by atoms with Crippen LogP contribution >= 0.6 is 21.6 Å². The van der Waals surface area contributed by atoms with Crippen LogP contribution in [0.3, 0.4) is 0 Å². The number of carbonyl (C=O) groups is 1. The molecule has 3 saturated heterocycles. The lowest BCUT2D eigenvalue weighted by Crippen LogP contribution is -2.47. The molecule has 0 saturated carbocycles. The molecule has 3 rings (SSSR count). The number of hydrogen-bond donors (Lipinski definition) is 0. The van der Waals surface area contributed by atoms with Gasteiger partial charge in [-0.05, 0) is 19.3 Å². The summed E-state index contributed by atoms with van der Waals surface area (Å²) in [6, 6.07) is 0. The molecule has 0 aromatic heterocycles. The lowest BCUT2D eigenvalue weighted by Gasteiger charge is -2.37. The maximum atomic E-state index is 12.2. The van der Waals surface area contributed by atoms with Crippen molar-refractivity contribution in [2.75, 3.05) is 32.1 Å². The van der Waals surface area contributed by atoms with E-state index in [0.29, 0.717) is 25.5 Å². The molecule has 0 aliphatic carbocycles. The number of ether oxygens (including phenoxy) is 2. The third kappa shape index (κ3) is 4.30. The zero-order chi connectivity index (χ0) is 14.5. The summed E-state index contributed by atoms with van der Waals surface area (Å²) in [6.45, 7) is 2.97. The summed E-state index contributed by atoms with van der Waals surface area (Å²) < 4.78 is 11.4. The normalized spacial score (nSPS) is 28.4. The van der Waals surface area contributed by atoms with E-state index in [1.165, 1.54) is 25.0 Å². The van der Waals surface area contributed by atoms with Gasteiger partial charge >= 0.3 is 0 Å². The van der Waals surface area contributed by atoms with Crippen LogP contribution in [-0.2, 0) is 14.3 Å². The highest BCUT2D eigenvalue weighted by Crippen LogP contribution is 2.40. The van der Waals surface area contributed by atoms with Crippen molar-refractivity contribution < 1.29 is 14.3 Å². The highest BCUT2D eigenvalue weighted by atomic mass is 33.1. The fraction of sp³-hybridized carbons (Fsp3) is 0.933. The number of piperidine rings is 1. The Balaban J connectivity index is 1.30. The van der Waals surface area contributed by atoms with E-state index in [4.69, 9.17) is 9.47 Å². The minimum atomic E-state index is -0.367. The molecule has 0 N–H and O–H groups in total. The Labute approximate surface area is 135 Å². The van der Waals surface area contributed by atoms with Gasteiger partial charge in [0.1, 0.15) is 0 Å². The van der Waals surface area contributed by atoms with Gasteiger partial charge in [0.15, 0.2) is 5.79 Å². The molecule has 0 bridgehead atoms. The number of rotatable bonds is 5. The molecule has 1 atom stereocenters. The van der Waals surface area contributed by atoms with Gasteiger partial charge in [-0.15, -0.1) is 0 Å². The van der Waals surface area contributed by atoms with Crippen LogP contribution in [0.25, 0.3) is 0 Å². The van der Waals surface area contributed by atoms with Crippen molar-refractivity contribution in [2.45, 2.75) is 56.0 Å². The summed E-state index contributed by atoms with van der Waals surface area (Å²) in [5.41, 5.74) is 0. The molecule has 120 valence electrons. The number of nitrogens with zero attached hydrogens (tertiary/aromatic N) is 1. The predicted molar refractivity (Wildman–Crippen MR) is 87.4 cm³/mol. The summed E-state index contributed by atoms with van der Waals surface area (Å²) in [5, 5.41) is 0.830. The maximum absolute atomic E-state index is 12.2. The van der Waals surface area contributed by atoms with E-state index in [-0.39, 0.29) is 5.79 Å². The van der Waals surface area contributed by atoms with Crippen LogP contribution in [0.4, 0.5) is 0 Å². The van der Waals surface area contributed by atoms with Crippen molar-refractivity contribution in [3.63, 3.8) is 0 Å². The molecular weight excluding hydrogens is 306 g/mol. The average Bonchev–Trinajstić information content (AvgIpc) is 3.16. The zero-order valence-corrected chi connectivity index (χ0v) is 14.2. The van der Waals surface area contributed by atoms with Crippen LogP contribution in [0, 0.1) is 0 Å². The van der Waals surface area contributed by atoms with E-state index < -0.39 is 0 Å². The summed E-state index contributed by atoms with van der Waals surface area (Å²) in [4.78, 5) is 14.2. The summed E-state index contributed by atoms with van der Waals surface area (Å²) in [6.07, 6.45) is 7.21. The van der Waals surface area contributed by atoms with Gasteiger partial charge in [-0.25, -0.2) is 0 Å². The molecule has 0 aromatic rings. The van der Waals surface area contributed by atoms with Crippen LogP contribution in [0.15, 0.2) is 0 Å². The van der Waals surface area contributed by atoms with E-state index in [1.807, 2.05) is 26.5 Å². The zero-order valence-electron chi connectivity index (χ0n) is 12.6. The summed E-state index contributed by atoms with van der Waals surface area (Å²) in [7, 11) is 4.03. The highest BCUT2D eigenvalue weighted by molar-refractivity contribution is 8.77. The van der Waals surface area contributed by atoms with Gasteiger partial charge < -0.3 is 14.4 Å². The van der Waals surface area contributed by atoms with Crippen LogP contribution in [0.1, 0.15) is 44.9 Å². The predicted octanol–water partition coefficient (Wildman–Crippen LogP) is 3.07. The summed E-state index contributed by atoms with van der Waals surface area (Å²) in [5.74, 6) is 1.25. The monoisotopic (exact) mass is 331 g/mol. The van der Waals surface area contributed by atoms with Gasteiger partial charge in [0.2, 0.25) is 5.91 Å². The Morgan fingerprint density at radius 3 is 2.62 bits per heavy atom. The van der Waals surface area contributed by atoms with Gasteiger partial charge in [-0.1, -0.05) is 28.0 Å². The molecule has 0 aromatic carbocycles. The molecule has 4 nitrogen and oxygen atoms in total. The number of likely N-dealkylation sites (tertiary alicyclic amines) is 1. The standard InChI is InChI=1S/C15H25NO3S2/c17-14(4-2-1-3-13-5-12-20-21-13)16-8-6-15(7-9-16)18-10-11-19-15/h13H,1-12H2. The molecule has 0 radical (unpaired) electrons. The second-order valence-corrected chi connectivity index (χ2v) is 8.85. The quantitative estimate of drug-likeness (QED) is 0.572. The second kappa shape index (κ2) is 7.57. The van der Waals surface area contributed by atoms with Gasteiger partial charge in [0.25, 0.3) is 0 Å². The lowest BCUT2D eigenvalue weighted by molar-refractivity contribution is -0.187. The first-order chi connectivity index (χ1) is 10.3. The first-order valence-electron chi connectivity index (χ1n) is 8.11. The Bertz CT molecular complexity index is 345. The first-order valence-corrected chi connectivity index (χ1v) is 10.5. The Morgan fingerprint density at radius 2 is 1.95 bits per heavy atom. The van der Waals surface area contributed by atoms with E-state index in [1.54, 1.807) is 0 Å². The fourth-order valence-corrected chi connectivity index (χ4v) is 6.28. The van der Waals surface area contributed by atoms with E-state index in [2.05, 4.69) is 0 Å². The van der Waals surface area contributed by atoms with Crippen molar-refractivity contribution in [1.29, 1.82) is 0 Å².